The molecule has 1 nitrogen and oxygen atoms in total. The molecule has 0 aromatic heterocycles. The molecule has 1 rings (SSSR count). The molecule has 0 saturated carbocycles. The average Bonchev–Trinajstić information content (AvgIpc) is 2.28. The minimum atomic E-state index is 0.0714. The predicted octanol–water partition coefficient (Wildman–Crippen LogP) is 5.17. The Hall–Kier alpha value is -0.210. The van der Waals surface area contributed by atoms with Gasteiger partial charge in [0.2, 0.25) is 0 Å². The number of hydrogen-bond acceptors (Lipinski definition) is 1. The summed E-state index contributed by atoms with van der Waals surface area (Å²) in [6.45, 7) is 4.38. The predicted molar refractivity (Wildman–Crippen MR) is 73.4 cm³/mol. The molecule has 0 aliphatic rings. The molecule has 2 unspecified atom stereocenters. The Kier molecular flexibility index (Phi) is 5.63. The zero-order valence-electron chi connectivity index (χ0n) is 9.97. The van der Waals surface area contributed by atoms with Gasteiger partial charge in [0.15, 0.2) is 0 Å². The van der Waals surface area contributed by atoms with Crippen molar-refractivity contribution < 1.29 is 4.74 Å². The SMILES string of the molecule is CCCC(C)C(Cl)c1ccc(OC)c(Br)c1. The summed E-state index contributed by atoms with van der Waals surface area (Å²) >= 11 is 9.92. The summed E-state index contributed by atoms with van der Waals surface area (Å²) in [5, 5.41) is 0.0714. The highest BCUT2D eigenvalue weighted by molar-refractivity contribution is 9.10. The van der Waals surface area contributed by atoms with Gasteiger partial charge in [-0.1, -0.05) is 26.3 Å². The van der Waals surface area contributed by atoms with Gasteiger partial charge in [-0.25, -0.2) is 0 Å². The van der Waals surface area contributed by atoms with Crippen LogP contribution in [0.2, 0.25) is 0 Å². The van der Waals surface area contributed by atoms with Crippen LogP contribution in [0.4, 0.5) is 0 Å². The zero-order valence-corrected chi connectivity index (χ0v) is 12.3. The molecule has 0 aliphatic heterocycles. The number of benzene rings is 1. The lowest BCUT2D eigenvalue weighted by Gasteiger charge is -2.18. The minimum Gasteiger partial charge on any atom is -0.496 e. The second kappa shape index (κ2) is 6.51. The molecule has 16 heavy (non-hydrogen) atoms. The number of halogens is 2. The summed E-state index contributed by atoms with van der Waals surface area (Å²) in [5.74, 6) is 1.34. The summed E-state index contributed by atoms with van der Waals surface area (Å²) in [4.78, 5) is 0. The molecule has 3 heteroatoms. The maximum absolute atomic E-state index is 6.44. The van der Waals surface area contributed by atoms with Crippen LogP contribution in [0.5, 0.6) is 5.75 Å². The highest BCUT2D eigenvalue weighted by Gasteiger charge is 2.16. The molecule has 1 aromatic rings. The van der Waals surface area contributed by atoms with Crippen LogP contribution in [0.25, 0.3) is 0 Å². The first-order valence-electron chi connectivity index (χ1n) is 5.57. The van der Waals surface area contributed by atoms with E-state index in [1.165, 1.54) is 6.42 Å². The third kappa shape index (κ3) is 3.39. The Morgan fingerprint density at radius 1 is 1.44 bits per heavy atom. The molecule has 0 bridgehead atoms. The van der Waals surface area contributed by atoms with Crippen molar-refractivity contribution in [3.63, 3.8) is 0 Å². The van der Waals surface area contributed by atoms with Crippen molar-refractivity contribution in [3.05, 3.63) is 28.2 Å². The van der Waals surface area contributed by atoms with E-state index >= 15 is 0 Å². The smallest absolute Gasteiger partial charge is 0.133 e. The second-order valence-corrected chi connectivity index (χ2v) is 5.39. The van der Waals surface area contributed by atoms with Gasteiger partial charge in [0, 0.05) is 0 Å². The Morgan fingerprint density at radius 2 is 2.12 bits per heavy atom. The fourth-order valence-corrected chi connectivity index (χ4v) is 2.60. The van der Waals surface area contributed by atoms with E-state index in [1.54, 1.807) is 7.11 Å². The lowest BCUT2D eigenvalue weighted by molar-refractivity contribution is 0.411. The number of methoxy groups -OCH3 is 1. The van der Waals surface area contributed by atoms with Crippen molar-refractivity contribution in [2.45, 2.75) is 32.1 Å². The van der Waals surface area contributed by atoms with Gasteiger partial charge in [-0.3, -0.25) is 0 Å². The van der Waals surface area contributed by atoms with E-state index in [4.69, 9.17) is 16.3 Å². The first-order chi connectivity index (χ1) is 7.60. The van der Waals surface area contributed by atoms with E-state index in [1.807, 2.05) is 18.2 Å². The number of hydrogen-bond donors (Lipinski definition) is 0. The maximum atomic E-state index is 6.44. The van der Waals surface area contributed by atoms with Crippen molar-refractivity contribution in [2.75, 3.05) is 7.11 Å². The van der Waals surface area contributed by atoms with Crippen LogP contribution in [0, 0.1) is 5.92 Å². The van der Waals surface area contributed by atoms with Gasteiger partial charge in [-0.05, 0) is 46.0 Å². The number of rotatable bonds is 5. The highest BCUT2D eigenvalue weighted by atomic mass is 79.9. The summed E-state index contributed by atoms with van der Waals surface area (Å²) in [5.41, 5.74) is 1.15. The number of ether oxygens (including phenoxy) is 1. The molecule has 2 atom stereocenters. The summed E-state index contributed by atoms with van der Waals surface area (Å²) in [7, 11) is 1.66. The van der Waals surface area contributed by atoms with Crippen LogP contribution in [0.1, 0.15) is 37.6 Å². The van der Waals surface area contributed by atoms with Crippen molar-refractivity contribution in [1.82, 2.24) is 0 Å². The van der Waals surface area contributed by atoms with Crippen LogP contribution in [-0.4, -0.2) is 7.11 Å². The van der Waals surface area contributed by atoms with Gasteiger partial charge < -0.3 is 4.74 Å². The second-order valence-electron chi connectivity index (χ2n) is 4.06. The van der Waals surface area contributed by atoms with Gasteiger partial charge in [0.25, 0.3) is 0 Å². The normalized spacial score (nSPS) is 14.6. The fraction of sp³-hybridized carbons (Fsp3) is 0.538. The molecule has 0 saturated heterocycles. The molecule has 0 spiro atoms. The molecule has 0 heterocycles. The summed E-state index contributed by atoms with van der Waals surface area (Å²) < 4.78 is 6.16. The third-order valence-electron chi connectivity index (χ3n) is 2.74. The molecule has 0 N–H and O–H groups in total. The molecule has 0 aliphatic carbocycles. The van der Waals surface area contributed by atoms with Crippen molar-refractivity contribution >= 4 is 27.5 Å². The van der Waals surface area contributed by atoms with E-state index in [0.29, 0.717) is 5.92 Å². The van der Waals surface area contributed by atoms with Crippen molar-refractivity contribution in [2.24, 2.45) is 5.92 Å². The molecule has 0 radical (unpaired) electrons. The van der Waals surface area contributed by atoms with Crippen molar-refractivity contribution in [3.8, 4) is 5.75 Å². The third-order valence-corrected chi connectivity index (χ3v) is 4.04. The van der Waals surface area contributed by atoms with E-state index in [2.05, 4.69) is 29.8 Å². The van der Waals surface area contributed by atoms with E-state index in [0.717, 1.165) is 22.2 Å². The van der Waals surface area contributed by atoms with Crippen LogP contribution in [0.15, 0.2) is 22.7 Å². The summed E-state index contributed by atoms with van der Waals surface area (Å²) in [6.07, 6.45) is 2.32. The standard InChI is InChI=1S/C13H18BrClO/c1-4-5-9(2)13(15)10-6-7-12(16-3)11(14)8-10/h6-9,13H,4-5H2,1-3H3. The van der Waals surface area contributed by atoms with Gasteiger partial charge in [-0.15, -0.1) is 11.6 Å². The Morgan fingerprint density at radius 3 is 2.62 bits per heavy atom. The molecular formula is C13H18BrClO. The quantitative estimate of drug-likeness (QED) is 0.682. The molecule has 0 fully saturated rings. The van der Waals surface area contributed by atoms with Gasteiger partial charge in [0.1, 0.15) is 5.75 Å². The van der Waals surface area contributed by atoms with Crippen LogP contribution in [-0.2, 0) is 0 Å². The summed E-state index contributed by atoms with van der Waals surface area (Å²) in [6, 6.07) is 6.03. The van der Waals surface area contributed by atoms with E-state index < -0.39 is 0 Å². The zero-order chi connectivity index (χ0) is 12.1. The topological polar surface area (TPSA) is 9.23 Å². The highest BCUT2D eigenvalue weighted by Crippen LogP contribution is 2.35. The van der Waals surface area contributed by atoms with Gasteiger partial charge in [0.05, 0.1) is 17.0 Å². The average molecular weight is 306 g/mol. The maximum Gasteiger partial charge on any atom is 0.133 e. The molecule has 0 amide bonds. The first-order valence-corrected chi connectivity index (χ1v) is 6.80. The Balaban J connectivity index is 2.84. The lowest BCUT2D eigenvalue weighted by atomic mass is 9.96. The molecular weight excluding hydrogens is 287 g/mol. The first kappa shape index (κ1) is 13.9. The Labute approximate surface area is 111 Å². The van der Waals surface area contributed by atoms with Gasteiger partial charge >= 0.3 is 0 Å². The van der Waals surface area contributed by atoms with Crippen LogP contribution < -0.4 is 4.74 Å². The van der Waals surface area contributed by atoms with Gasteiger partial charge in [-0.2, -0.15) is 0 Å². The molecule has 90 valence electrons. The van der Waals surface area contributed by atoms with Crippen LogP contribution in [0.3, 0.4) is 0 Å². The monoisotopic (exact) mass is 304 g/mol. The Bertz CT molecular complexity index is 341. The van der Waals surface area contributed by atoms with E-state index in [-0.39, 0.29) is 5.38 Å². The lowest BCUT2D eigenvalue weighted by Crippen LogP contribution is -2.03. The van der Waals surface area contributed by atoms with Crippen molar-refractivity contribution in [1.29, 1.82) is 0 Å². The minimum absolute atomic E-state index is 0.0714. The fourth-order valence-electron chi connectivity index (χ4n) is 1.78. The molecule has 1 aromatic carbocycles. The largest absolute Gasteiger partial charge is 0.496 e. The van der Waals surface area contributed by atoms with Crippen LogP contribution >= 0.6 is 27.5 Å². The van der Waals surface area contributed by atoms with E-state index in [9.17, 15) is 0 Å². The number of alkyl halides is 1.